The van der Waals surface area contributed by atoms with Gasteiger partial charge in [-0.25, -0.2) is 0 Å². The Labute approximate surface area is 62.1 Å². The Morgan fingerprint density at radius 3 is 2.90 bits per heavy atom. The molecule has 0 bridgehead atoms. The van der Waals surface area contributed by atoms with Gasteiger partial charge >= 0.3 is 0 Å². The van der Waals surface area contributed by atoms with E-state index in [-0.39, 0.29) is 6.61 Å². The number of allylic oxidation sites excluding steroid dienone is 2. The van der Waals surface area contributed by atoms with Gasteiger partial charge in [0.1, 0.15) is 0 Å². The molecule has 1 heteroatoms. The van der Waals surface area contributed by atoms with Crippen LogP contribution in [-0.2, 0) is 0 Å². The van der Waals surface area contributed by atoms with Crippen LogP contribution < -0.4 is 0 Å². The fourth-order valence-electron chi connectivity index (χ4n) is 1.13. The van der Waals surface area contributed by atoms with E-state index in [0.29, 0.717) is 5.92 Å². The second kappa shape index (κ2) is 3.57. The first kappa shape index (κ1) is 7.55. The van der Waals surface area contributed by atoms with E-state index in [1.807, 2.05) is 6.08 Å². The molecule has 0 heterocycles. The molecule has 1 N–H and O–H groups in total. The van der Waals surface area contributed by atoms with Gasteiger partial charge in [-0.05, 0) is 24.3 Å². The summed E-state index contributed by atoms with van der Waals surface area (Å²) in [6.07, 6.45) is 8.63. The first-order valence-corrected chi connectivity index (χ1v) is 3.85. The SMILES string of the molecule is CCC1C=CC(CO)=CC1. The molecule has 0 aromatic rings. The van der Waals surface area contributed by atoms with E-state index in [0.717, 1.165) is 12.0 Å². The van der Waals surface area contributed by atoms with Gasteiger partial charge in [-0.1, -0.05) is 25.2 Å². The van der Waals surface area contributed by atoms with Crippen LogP contribution in [0.1, 0.15) is 19.8 Å². The fraction of sp³-hybridized carbons (Fsp3) is 0.556. The molecule has 1 rings (SSSR count). The molecule has 0 spiro atoms. The smallest absolute Gasteiger partial charge is 0.0678 e. The Morgan fingerprint density at radius 1 is 1.70 bits per heavy atom. The molecular weight excluding hydrogens is 124 g/mol. The predicted octanol–water partition coefficient (Wildman–Crippen LogP) is 1.89. The van der Waals surface area contributed by atoms with Crippen LogP contribution in [-0.4, -0.2) is 11.7 Å². The Morgan fingerprint density at radius 2 is 2.50 bits per heavy atom. The predicted molar refractivity (Wildman–Crippen MR) is 42.7 cm³/mol. The summed E-state index contributed by atoms with van der Waals surface area (Å²) in [6.45, 7) is 2.37. The number of hydrogen-bond donors (Lipinski definition) is 1. The quantitative estimate of drug-likeness (QED) is 0.617. The van der Waals surface area contributed by atoms with Gasteiger partial charge in [0.15, 0.2) is 0 Å². The highest BCUT2D eigenvalue weighted by molar-refractivity contribution is 5.23. The molecule has 0 fully saturated rings. The van der Waals surface area contributed by atoms with Gasteiger partial charge in [0.05, 0.1) is 6.61 Å². The van der Waals surface area contributed by atoms with E-state index in [1.54, 1.807) is 0 Å². The van der Waals surface area contributed by atoms with Crippen LogP contribution in [0.15, 0.2) is 23.8 Å². The zero-order chi connectivity index (χ0) is 7.40. The molecule has 0 amide bonds. The zero-order valence-electron chi connectivity index (χ0n) is 6.38. The summed E-state index contributed by atoms with van der Waals surface area (Å²) in [5, 5.41) is 8.73. The van der Waals surface area contributed by atoms with E-state index in [9.17, 15) is 0 Å². The molecule has 0 aliphatic heterocycles. The van der Waals surface area contributed by atoms with Gasteiger partial charge in [0, 0.05) is 0 Å². The van der Waals surface area contributed by atoms with Crippen LogP contribution in [0, 0.1) is 5.92 Å². The highest BCUT2D eigenvalue weighted by atomic mass is 16.3. The van der Waals surface area contributed by atoms with Crippen LogP contribution >= 0.6 is 0 Å². The molecule has 1 atom stereocenters. The van der Waals surface area contributed by atoms with Crippen LogP contribution in [0.2, 0.25) is 0 Å². The van der Waals surface area contributed by atoms with E-state index in [2.05, 4.69) is 19.1 Å². The van der Waals surface area contributed by atoms with Crippen molar-refractivity contribution in [2.24, 2.45) is 5.92 Å². The van der Waals surface area contributed by atoms with Gasteiger partial charge in [-0.15, -0.1) is 0 Å². The number of aliphatic hydroxyl groups is 1. The van der Waals surface area contributed by atoms with Crippen molar-refractivity contribution in [3.8, 4) is 0 Å². The first-order chi connectivity index (χ1) is 4.86. The van der Waals surface area contributed by atoms with E-state index in [1.165, 1.54) is 6.42 Å². The molecule has 0 aromatic heterocycles. The van der Waals surface area contributed by atoms with Gasteiger partial charge < -0.3 is 5.11 Å². The number of hydrogen-bond acceptors (Lipinski definition) is 1. The summed E-state index contributed by atoms with van der Waals surface area (Å²) in [4.78, 5) is 0. The molecule has 1 nitrogen and oxygen atoms in total. The van der Waals surface area contributed by atoms with Crippen LogP contribution in [0.25, 0.3) is 0 Å². The maximum absolute atomic E-state index is 8.73. The molecule has 0 saturated heterocycles. The highest BCUT2D eigenvalue weighted by Gasteiger charge is 2.04. The van der Waals surface area contributed by atoms with Crippen molar-refractivity contribution in [1.82, 2.24) is 0 Å². The third-order valence-electron chi connectivity index (χ3n) is 1.97. The lowest BCUT2D eigenvalue weighted by atomic mass is 9.95. The second-order valence-corrected chi connectivity index (χ2v) is 2.70. The first-order valence-electron chi connectivity index (χ1n) is 3.85. The average Bonchev–Trinajstić information content (AvgIpc) is 2.05. The largest absolute Gasteiger partial charge is 0.392 e. The maximum Gasteiger partial charge on any atom is 0.0678 e. The van der Waals surface area contributed by atoms with Gasteiger partial charge in [-0.2, -0.15) is 0 Å². The monoisotopic (exact) mass is 138 g/mol. The molecule has 0 saturated carbocycles. The minimum Gasteiger partial charge on any atom is -0.392 e. The van der Waals surface area contributed by atoms with Crippen molar-refractivity contribution in [3.05, 3.63) is 23.8 Å². The van der Waals surface area contributed by atoms with Crippen molar-refractivity contribution in [1.29, 1.82) is 0 Å². The molecule has 1 aliphatic rings. The summed E-state index contributed by atoms with van der Waals surface area (Å²) in [5.74, 6) is 0.704. The Bertz CT molecular complexity index is 156. The van der Waals surface area contributed by atoms with Crippen LogP contribution in [0.4, 0.5) is 0 Å². The van der Waals surface area contributed by atoms with Crippen LogP contribution in [0.5, 0.6) is 0 Å². The lowest BCUT2D eigenvalue weighted by molar-refractivity contribution is 0.333. The Balaban J connectivity index is 2.46. The standard InChI is InChI=1S/C9H14O/c1-2-8-3-5-9(7-10)6-4-8/h3,5-6,8,10H,2,4,7H2,1H3. The van der Waals surface area contributed by atoms with Crippen LogP contribution in [0.3, 0.4) is 0 Å². The molecule has 0 aromatic carbocycles. The maximum atomic E-state index is 8.73. The van der Waals surface area contributed by atoms with E-state index in [4.69, 9.17) is 5.11 Å². The minimum atomic E-state index is 0.187. The van der Waals surface area contributed by atoms with Crippen molar-refractivity contribution in [2.75, 3.05) is 6.61 Å². The van der Waals surface area contributed by atoms with Crippen molar-refractivity contribution in [3.63, 3.8) is 0 Å². The second-order valence-electron chi connectivity index (χ2n) is 2.70. The van der Waals surface area contributed by atoms with Crippen molar-refractivity contribution >= 4 is 0 Å². The molecule has 10 heavy (non-hydrogen) atoms. The lowest BCUT2D eigenvalue weighted by Gasteiger charge is -2.12. The lowest BCUT2D eigenvalue weighted by Crippen LogP contribution is -1.99. The van der Waals surface area contributed by atoms with E-state index >= 15 is 0 Å². The Hall–Kier alpha value is -0.560. The molecule has 1 unspecified atom stereocenters. The van der Waals surface area contributed by atoms with Crippen molar-refractivity contribution in [2.45, 2.75) is 19.8 Å². The normalized spacial score (nSPS) is 24.6. The third kappa shape index (κ3) is 1.71. The van der Waals surface area contributed by atoms with Crippen molar-refractivity contribution < 1.29 is 5.11 Å². The molecule has 1 aliphatic carbocycles. The topological polar surface area (TPSA) is 20.2 Å². The molecular formula is C9H14O. The molecule has 56 valence electrons. The average molecular weight is 138 g/mol. The summed E-state index contributed by atoms with van der Waals surface area (Å²) < 4.78 is 0. The Kier molecular flexibility index (Phi) is 2.69. The summed E-state index contributed by atoms with van der Waals surface area (Å²) in [6, 6.07) is 0. The fourth-order valence-corrected chi connectivity index (χ4v) is 1.13. The molecule has 0 radical (unpaired) electrons. The third-order valence-corrected chi connectivity index (χ3v) is 1.97. The number of rotatable bonds is 2. The minimum absolute atomic E-state index is 0.187. The summed E-state index contributed by atoms with van der Waals surface area (Å²) in [7, 11) is 0. The highest BCUT2D eigenvalue weighted by Crippen LogP contribution is 2.18. The van der Waals surface area contributed by atoms with Gasteiger partial charge in [0.2, 0.25) is 0 Å². The van der Waals surface area contributed by atoms with Gasteiger partial charge in [-0.3, -0.25) is 0 Å². The summed E-state index contributed by atoms with van der Waals surface area (Å²) >= 11 is 0. The van der Waals surface area contributed by atoms with E-state index < -0.39 is 0 Å². The summed E-state index contributed by atoms with van der Waals surface area (Å²) in [5.41, 5.74) is 1.06. The van der Waals surface area contributed by atoms with Gasteiger partial charge in [0.25, 0.3) is 0 Å². The zero-order valence-corrected chi connectivity index (χ0v) is 6.38. The number of aliphatic hydroxyl groups excluding tert-OH is 1.